The Morgan fingerprint density at radius 3 is 2.20 bits per heavy atom. The zero-order chi connectivity index (χ0) is 30.9. The summed E-state index contributed by atoms with van der Waals surface area (Å²) >= 11 is 1.84. The van der Waals surface area contributed by atoms with Crippen LogP contribution >= 0.6 is 11.3 Å². The van der Waals surface area contributed by atoms with E-state index in [1.807, 2.05) is 23.5 Å². The van der Waals surface area contributed by atoms with Crippen LogP contribution in [0.15, 0.2) is 72.8 Å². The van der Waals surface area contributed by atoms with Crippen LogP contribution in [0.3, 0.4) is 0 Å². The molecule has 3 N–H and O–H groups in total. The van der Waals surface area contributed by atoms with Crippen molar-refractivity contribution in [2.75, 3.05) is 32.8 Å². The summed E-state index contributed by atoms with van der Waals surface area (Å²) in [6, 6.07) is 25.7. The summed E-state index contributed by atoms with van der Waals surface area (Å²) in [6.07, 6.45) is 4.93. The largest absolute Gasteiger partial charge is 0.492 e. The van der Waals surface area contributed by atoms with Gasteiger partial charge in [0.1, 0.15) is 24.7 Å². The van der Waals surface area contributed by atoms with Gasteiger partial charge in [0.2, 0.25) is 5.91 Å². The molecule has 10 heteroatoms. The lowest BCUT2D eigenvalue weighted by atomic mass is 9.99. The third kappa shape index (κ3) is 8.36. The molecule has 0 bridgehead atoms. The van der Waals surface area contributed by atoms with E-state index < -0.39 is 11.9 Å². The maximum absolute atomic E-state index is 11.4. The fourth-order valence-corrected chi connectivity index (χ4v) is 6.64. The summed E-state index contributed by atoms with van der Waals surface area (Å²) in [6.45, 7) is 4.67. The third-order valence-corrected chi connectivity index (χ3v) is 8.98. The van der Waals surface area contributed by atoms with Gasteiger partial charge < -0.3 is 25.0 Å². The molecule has 6 rings (SSSR count). The van der Waals surface area contributed by atoms with Crippen LogP contribution in [0, 0.1) is 0 Å². The number of carbonyl (C=O) groups is 3. The van der Waals surface area contributed by atoms with Crippen molar-refractivity contribution in [3.8, 4) is 21.9 Å². The van der Waals surface area contributed by atoms with Crippen molar-refractivity contribution in [3.05, 3.63) is 83.9 Å². The number of hydrogen-bond donors (Lipinski definition) is 3. The van der Waals surface area contributed by atoms with Crippen molar-refractivity contribution in [3.63, 3.8) is 0 Å². The molecule has 44 heavy (non-hydrogen) atoms. The molecule has 4 aromatic rings. The first-order valence-electron chi connectivity index (χ1n) is 14.8. The lowest BCUT2D eigenvalue weighted by Crippen LogP contribution is -2.30. The van der Waals surface area contributed by atoms with E-state index in [-0.39, 0.29) is 11.9 Å². The number of amides is 1. The number of carbonyl (C=O) groups excluding carboxylic acids is 1. The van der Waals surface area contributed by atoms with Gasteiger partial charge in [-0.15, -0.1) is 11.3 Å². The predicted molar refractivity (Wildman–Crippen MR) is 170 cm³/mol. The second-order valence-electron chi connectivity index (χ2n) is 10.9. The lowest BCUT2D eigenvalue weighted by molar-refractivity contribution is -0.159. The van der Waals surface area contributed by atoms with E-state index in [1.165, 1.54) is 57.6 Å². The molecule has 1 amide bonds. The first-order valence-corrected chi connectivity index (χ1v) is 15.6. The molecular weight excluding hydrogens is 580 g/mol. The Labute approximate surface area is 260 Å². The van der Waals surface area contributed by atoms with Crippen molar-refractivity contribution >= 4 is 39.3 Å². The van der Waals surface area contributed by atoms with Gasteiger partial charge >= 0.3 is 11.9 Å². The summed E-state index contributed by atoms with van der Waals surface area (Å²) in [4.78, 5) is 33.4. The molecule has 0 aliphatic carbocycles. The van der Waals surface area contributed by atoms with E-state index in [1.54, 1.807) is 0 Å². The summed E-state index contributed by atoms with van der Waals surface area (Å²) in [5.74, 6) is -1.76. The number of likely N-dealkylation sites (tertiary alicyclic amines) is 1. The van der Waals surface area contributed by atoms with E-state index in [4.69, 9.17) is 29.3 Å². The number of carboxylic acids is 2. The van der Waals surface area contributed by atoms with Crippen LogP contribution in [0.2, 0.25) is 0 Å². The Kier molecular flexibility index (Phi) is 10.5. The van der Waals surface area contributed by atoms with Gasteiger partial charge in [0.05, 0.1) is 6.04 Å². The first kappa shape index (κ1) is 31.0. The van der Waals surface area contributed by atoms with E-state index in [9.17, 15) is 4.79 Å². The Bertz CT molecular complexity index is 1570. The van der Waals surface area contributed by atoms with Gasteiger partial charge in [-0.05, 0) is 103 Å². The van der Waals surface area contributed by atoms with Gasteiger partial charge in [0, 0.05) is 22.5 Å². The van der Waals surface area contributed by atoms with E-state index in [2.05, 4.69) is 70.9 Å². The number of carboxylic acid groups (broad SMARTS) is 2. The van der Waals surface area contributed by atoms with E-state index >= 15 is 0 Å². The molecule has 1 unspecified atom stereocenters. The topological polar surface area (TPSA) is 125 Å². The second-order valence-corrected chi connectivity index (χ2v) is 11.9. The number of nitrogens with zero attached hydrogens (tertiary/aromatic N) is 1. The predicted octanol–water partition coefficient (Wildman–Crippen LogP) is 5.45. The summed E-state index contributed by atoms with van der Waals surface area (Å²) in [7, 11) is 0. The SMILES string of the molecule is O=C(O)C(=O)O.O=C1CCC(COc2ccc(-c3sc4ccccc4c3Cc3ccc(OCCN4CCCC4)cc3)cc2)N1. The van der Waals surface area contributed by atoms with Crippen LogP contribution in [-0.4, -0.2) is 71.8 Å². The molecule has 2 fully saturated rings. The van der Waals surface area contributed by atoms with Crippen molar-refractivity contribution in [1.82, 2.24) is 10.2 Å². The highest BCUT2D eigenvalue weighted by Gasteiger charge is 2.21. The first-order chi connectivity index (χ1) is 21.4. The number of rotatable bonds is 10. The van der Waals surface area contributed by atoms with Gasteiger partial charge in [-0.1, -0.05) is 30.3 Å². The van der Waals surface area contributed by atoms with Gasteiger partial charge in [-0.25, -0.2) is 9.59 Å². The molecule has 1 atom stereocenters. The molecule has 0 spiro atoms. The maximum atomic E-state index is 11.4. The molecule has 3 heterocycles. The van der Waals surface area contributed by atoms with E-state index in [0.29, 0.717) is 13.0 Å². The van der Waals surface area contributed by atoms with Crippen molar-refractivity contribution in [2.45, 2.75) is 38.1 Å². The van der Waals surface area contributed by atoms with Gasteiger partial charge in [0.25, 0.3) is 0 Å². The highest BCUT2D eigenvalue weighted by Crippen LogP contribution is 2.40. The molecule has 9 nitrogen and oxygen atoms in total. The van der Waals surface area contributed by atoms with Crippen LogP contribution in [0.1, 0.15) is 36.8 Å². The minimum absolute atomic E-state index is 0.109. The number of aliphatic carboxylic acids is 2. The summed E-state index contributed by atoms with van der Waals surface area (Å²) < 4.78 is 13.3. The lowest BCUT2D eigenvalue weighted by Gasteiger charge is -2.15. The highest BCUT2D eigenvalue weighted by atomic mass is 32.1. The molecule has 3 aromatic carbocycles. The third-order valence-electron chi connectivity index (χ3n) is 7.71. The molecule has 0 saturated carbocycles. The molecule has 1 aromatic heterocycles. The zero-order valence-corrected chi connectivity index (χ0v) is 25.2. The average molecular weight is 617 g/mol. The highest BCUT2D eigenvalue weighted by molar-refractivity contribution is 7.22. The number of fused-ring (bicyclic) bond motifs is 1. The van der Waals surface area contributed by atoms with Crippen molar-refractivity contribution in [2.24, 2.45) is 0 Å². The number of benzene rings is 3. The normalized spacial score (nSPS) is 16.3. The number of nitrogens with one attached hydrogen (secondary N) is 1. The Morgan fingerprint density at radius 2 is 1.55 bits per heavy atom. The van der Waals surface area contributed by atoms with Crippen LogP contribution in [0.25, 0.3) is 20.5 Å². The van der Waals surface area contributed by atoms with Crippen LogP contribution < -0.4 is 14.8 Å². The molecule has 230 valence electrons. The average Bonchev–Trinajstić information content (AvgIpc) is 3.78. The number of ether oxygens (including phenoxy) is 2. The van der Waals surface area contributed by atoms with Crippen molar-refractivity contribution < 1.29 is 34.1 Å². The quantitative estimate of drug-likeness (QED) is 0.201. The van der Waals surface area contributed by atoms with Crippen LogP contribution in [0.4, 0.5) is 0 Å². The standard InChI is InChI=1S/C32H34N2O3S.C2H2O4/c35-31-16-11-25(33-31)22-37-27-14-9-24(10-15-27)32-29(28-5-1-2-6-30(28)38-32)21-23-7-12-26(13-8-23)36-20-19-34-17-3-4-18-34;3-1(4)2(5)6/h1-2,5-10,12-15,25H,3-4,11,16-22H2,(H,33,35);(H,3,4)(H,5,6). The Balaban J connectivity index is 0.000000584. The molecule has 2 aliphatic heterocycles. The maximum Gasteiger partial charge on any atom is 0.414 e. The minimum atomic E-state index is -1.82. The summed E-state index contributed by atoms with van der Waals surface area (Å²) in [5.41, 5.74) is 3.83. The van der Waals surface area contributed by atoms with Crippen LogP contribution in [-0.2, 0) is 20.8 Å². The summed E-state index contributed by atoms with van der Waals surface area (Å²) in [5, 5.41) is 19.1. The van der Waals surface area contributed by atoms with Gasteiger partial charge in [-0.3, -0.25) is 9.69 Å². The number of thiophene rings is 1. The minimum Gasteiger partial charge on any atom is -0.492 e. The Morgan fingerprint density at radius 1 is 0.886 bits per heavy atom. The van der Waals surface area contributed by atoms with Crippen LogP contribution in [0.5, 0.6) is 11.5 Å². The molecule has 0 radical (unpaired) electrons. The van der Waals surface area contributed by atoms with E-state index in [0.717, 1.165) is 37.5 Å². The number of hydrogen-bond acceptors (Lipinski definition) is 7. The zero-order valence-electron chi connectivity index (χ0n) is 24.4. The molecule has 2 saturated heterocycles. The van der Waals surface area contributed by atoms with Crippen molar-refractivity contribution in [1.29, 1.82) is 0 Å². The van der Waals surface area contributed by atoms with Gasteiger partial charge in [0.15, 0.2) is 0 Å². The monoisotopic (exact) mass is 616 g/mol. The fraction of sp³-hybridized carbons (Fsp3) is 0.324. The fourth-order valence-electron chi connectivity index (χ4n) is 5.42. The smallest absolute Gasteiger partial charge is 0.414 e. The molecule has 2 aliphatic rings. The second kappa shape index (κ2) is 14.9. The van der Waals surface area contributed by atoms with Gasteiger partial charge in [-0.2, -0.15) is 0 Å². The Hall–Kier alpha value is -4.41. The molecular formula is C34H36N2O7S.